The Morgan fingerprint density at radius 2 is 2.00 bits per heavy atom. The highest BCUT2D eigenvalue weighted by molar-refractivity contribution is 4.87. The minimum Gasteiger partial charge on any atom is -0.330 e. The summed E-state index contributed by atoms with van der Waals surface area (Å²) in [5.74, 6) is 0.330. The minimum atomic E-state index is -4.16. The highest BCUT2D eigenvalue weighted by Gasteiger charge is 2.45. The quantitative estimate of drug-likeness (QED) is 0.818. The first-order chi connectivity index (χ1) is 7.38. The number of alkyl halides is 3. The van der Waals surface area contributed by atoms with Crippen LogP contribution in [0, 0.1) is 5.92 Å². The van der Waals surface area contributed by atoms with Crippen LogP contribution in [-0.4, -0.2) is 36.2 Å². The van der Waals surface area contributed by atoms with Gasteiger partial charge in [0.15, 0.2) is 0 Å². The molecule has 1 fully saturated rings. The van der Waals surface area contributed by atoms with Gasteiger partial charge in [0.2, 0.25) is 0 Å². The molecule has 5 heteroatoms. The Morgan fingerprint density at radius 3 is 2.50 bits per heavy atom. The van der Waals surface area contributed by atoms with E-state index in [2.05, 4.69) is 0 Å². The van der Waals surface area contributed by atoms with E-state index in [1.165, 1.54) is 0 Å². The molecule has 3 atom stereocenters. The molecule has 1 rings (SSSR count). The van der Waals surface area contributed by atoms with Crippen LogP contribution in [0.5, 0.6) is 0 Å². The second-order valence-corrected chi connectivity index (χ2v) is 4.73. The van der Waals surface area contributed by atoms with Gasteiger partial charge >= 0.3 is 6.18 Å². The van der Waals surface area contributed by atoms with Gasteiger partial charge in [-0.15, -0.1) is 0 Å². The van der Waals surface area contributed by atoms with Crippen LogP contribution >= 0.6 is 0 Å². The van der Waals surface area contributed by atoms with Gasteiger partial charge < -0.3 is 5.73 Å². The third kappa shape index (κ3) is 3.10. The predicted octanol–water partition coefficient (Wildman–Crippen LogP) is 2.39. The van der Waals surface area contributed by atoms with Crippen LogP contribution in [-0.2, 0) is 0 Å². The van der Waals surface area contributed by atoms with Crippen LogP contribution in [0.2, 0.25) is 0 Å². The van der Waals surface area contributed by atoms with E-state index < -0.39 is 12.2 Å². The lowest BCUT2D eigenvalue weighted by molar-refractivity contribution is -0.195. The van der Waals surface area contributed by atoms with Crippen molar-refractivity contribution in [2.24, 2.45) is 11.7 Å². The second kappa shape index (κ2) is 5.36. The van der Waals surface area contributed by atoms with E-state index in [-0.39, 0.29) is 19.0 Å². The molecule has 1 heterocycles. The van der Waals surface area contributed by atoms with E-state index in [1.54, 1.807) is 4.90 Å². The fourth-order valence-electron chi connectivity index (χ4n) is 2.48. The minimum absolute atomic E-state index is 0.000556. The predicted molar refractivity (Wildman–Crippen MR) is 58.1 cm³/mol. The molecule has 0 spiro atoms. The van der Waals surface area contributed by atoms with Crippen LogP contribution in [0.15, 0.2) is 0 Å². The van der Waals surface area contributed by atoms with Gasteiger partial charge in [0.05, 0.1) is 0 Å². The van der Waals surface area contributed by atoms with Crippen molar-refractivity contribution < 1.29 is 13.2 Å². The van der Waals surface area contributed by atoms with E-state index in [4.69, 9.17) is 5.73 Å². The molecule has 1 saturated heterocycles. The standard InChI is InChI=1S/C11H21F3N2/c1-8-4-3-7-16(9(8)2)10(5-6-15)11(12,13)14/h8-10H,3-7,15H2,1-2H3. The van der Waals surface area contributed by atoms with Crippen LogP contribution < -0.4 is 5.73 Å². The van der Waals surface area contributed by atoms with Crippen LogP contribution in [0.4, 0.5) is 13.2 Å². The molecule has 2 nitrogen and oxygen atoms in total. The summed E-state index contributed by atoms with van der Waals surface area (Å²) >= 11 is 0. The lowest BCUT2D eigenvalue weighted by Crippen LogP contribution is -2.54. The average Bonchev–Trinajstić information content (AvgIpc) is 2.18. The number of nitrogens with two attached hydrogens (primary N) is 1. The zero-order valence-electron chi connectivity index (χ0n) is 9.93. The van der Waals surface area contributed by atoms with Crippen molar-refractivity contribution in [1.82, 2.24) is 4.90 Å². The number of hydrogen-bond donors (Lipinski definition) is 1. The highest BCUT2D eigenvalue weighted by Crippen LogP contribution is 2.33. The first-order valence-corrected chi connectivity index (χ1v) is 5.90. The number of hydrogen-bond acceptors (Lipinski definition) is 2. The van der Waals surface area contributed by atoms with E-state index >= 15 is 0 Å². The molecular formula is C11H21F3N2. The molecule has 0 saturated carbocycles. The van der Waals surface area contributed by atoms with Crippen molar-refractivity contribution in [3.63, 3.8) is 0 Å². The third-order valence-electron chi connectivity index (χ3n) is 3.64. The normalized spacial score (nSPS) is 30.4. The molecular weight excluding hydrogens is 217 g/mol. The van der Waals surface area contributed by atoms with Crippen LogP contribution in [0.1, 0.15) is 33.1 Å². The zero-order chi connectivity index (χ0) is 12.3. The Balaban J connectivity index is 2.76. The topological polar surface area (TPSA) is 29.3 Å². The SMILES string of the molecule is CC1CCCN(C(CCN)C(F)(F)F)C1C. The number of likely N-dealkylation sites (tertiary alicyclic amines) is 1. The van der Waals surface area contributed by atoms with Gasteiger partial charge in [-0.3, -0.25) is 4.90 Å². The molecule has 0 aliphatic carbocycles. The van der Waals surface area contributed by atoms with Crippen molar-refractivity contribution in [2.75, 3.05) is 13.1 Å². The van der Waals surface area contributed by atoms with Gasteiger partial charge in [-0.1, -0.05) is 6.92 Å². The Labute approximate surface area is 95.0 Å². The molecule has 0 aromatic rings. The Hall–Kier alpha value is -0.290. The zero-order valence-corrected chi connectivity index (χ0v) is 9.93. The van der Waals surface area contributed by atoms with Crippen molar-refractivity contribution in [1.29, 1.82) is 0 Å². The fraction of sp³-hybridized carbons (Fsp3) is 1.00. The Bertz CT molecular complexity index is 218. The molecule has 1 aliphatic heterocycles. The molecule has 0 amide bonds. The van der Waals surface area contributed by atoms with E-state index in [1.807, 2.05) is 13.8 Å². The van der Waals surface area contributed by atoms with Gasteiger partial charge in [0.1, 0.15) is 6.04 Å². The highest BCUT2D eigenvalue weighted by atomic mass is 19.4. The second-order valence-electron chi connectivity index (χ2n) is 4.73. The van der Waals surface area contributed by atoms with Crippen LogP contribution in [0.3, 0.4) is 0 Å². The molecule has 2 N–H and O–H groups in total. The molecule has 0 aromatic carbocycles. The van der Waals surface area contributed by atoms with Crippen molar-refractivity contribution in [2.45, 2.75) is 51.4 Å². The van der Waals surface area contributed by atoms with E-state index in [0.717, 1.165) is 12.8 Å². The molecule has 0 bridgehead atoms. The summed E-state index contributed by atoms with van der Waals surface area (Å²) in [4.78, 5) is 1.58. The fourth-order valence-corrected chi connectivity index (χ4v) is 2.48. The first-order valence-electron chi connectivity index (χ1n) is 5.90. The lowest BCUT2D eigenvalue weighted by atomic mass is 9.90. The van der Waals surface area contributed by atoms with Gasteiger partial charge in [-0.2, -0.15) is 13.2 Å². The molecule has 0 radical (unpaired) electrons. The Morgan fingerprint density at radius 1 is 1.38 bits per heavy atom. The van der Waals surface area contributed by atoms with E-state index in [0.29, 0.717) is 12.5 Å². The van der Waals surface area contributed by atoms with E-state index in [9.17, 15) is 13.2 Å². The summed E-state index contributed by atoms with van der Waals surface area (Å²) in [7, 11) is 0. The maximum atomic E-state index is 12.9. The molecule has 16 heavy (non-hydrogen) atoms. The lowest BCUT2D eigenvalue weighted by Gasteiger charge is -2.43. The summed E-state index contributed by atoms with van der Waals surface area (Å²) in [6, 6.07) is -1.37. The summed E-state index contributed by atoms with van der Waals surface area (Å²) in [6.07, 6.45) is -2.29. The van der Waals surface area contributed by atoms with Crippen molar-refractivity contribution in [3.05, 3.63) is 0 Å². The van der Waals surface area contributed by atoms with Gasteiger partial charge in [0.25, 0.3) is 0 Å². The summed E-state index contributed by atoms with van der Waals surface area (Å²) in [5.41, 5.74) is 5.29. The van der Waals surface area contributed by atoms with Gasteiger partial charge in [-0.25, -0.2) is 0 Å². The molecule has 1 aliphatic rings. The van der Waals surface area contributed by atoms with Crippen LogP contribution in [0.25, 0.3) is 0 Å². The maximum Gasteiger partial charge on any atom is 0.404 e. The Kier molecular flexibility index (Phi) is 4.62. The van der Waals surface area contributed by atoms with Gasteiger partial charge in [-0.05, 0) is 45.2 Å². The molecule has 3 unspecified atom stereocenters. The molecule has 0 aromatic heterocycles. The van der Waals surface area contributed by atoms with Crippen molar-refractivity contribution in [3.8, 4) is 0 Å². The first kappa shape index (κ1) is 13.8. The average molecular weight is 238 g/mol. The number of halogens is 3. The number of rotatable bonds is 3. The third-order valence-corrected chi connectivity index (χ3v) is 3.64. The molecule has 96 valence electrons. The van der Waals surface area contributed by atoms with Gasteiger partial charge in [0, 0.05) is 6.04 Å². The van der Waals surface area contributed by atoms with Crippen molar-refractivity contribution >= 4 is 0 Å². The largest absolute Gasteiger partial charge is 0.404 e. The maximum absolute atomic E-state index is 12.9. The smallest absolute Gasteiger partial charge is 0.330 e. The number of nitrogens with zero attached hydrogens (tertiary/aromatic N) is 1. The summed E-state index contributed by atoms with van der Waals surface area (Å²) < 4.78 is 38.7. The monoisotopic (exact) mass is 238 g/mol. The summed E-state index contributed by atoms with van der Waals surface area (Å²) in [5, 5.41) is 0. The number of piperidine rings is 1. The summed E-state index contributed by atoms with van der Waals surface area (Å²) in [6.45, 7) is 4.53.